The summed E-state index contributed by atoms with van der Waals surface area (Å²) in [7, 11) is 0. The number of aliphatic hydroxyl groups excluding tert-OH is 1. The predicted molar refractivity (Wildman–Crippen MR) is 157 cm³/mol. The van der Waals surface area contributed by atoms with Crippen LogP contribution in [0, 0.1) is 11.3 Å². The van der Waals surface area contributed by atoms with Crippen LogP contribution in [0.25, 0.3) is 11.4 Å². The minimum atomic E-state index is -0.513. The van der Waals surface area contributed by atoms with Gasteiger partial charge in [-0.3, -0.25) is 4.79 Å². The van der Waals surface area contributed by atoms with Gasteiger partial charge in [-0.25, -0.2) is 0 Å². The number of benzene rings is 2. The zero-order valence-corrected chi connectivity index (χ0v) is 25.2. The van der Waals surface area contributed by atoms with Crippen LogP contribution in [0.5, 0.6) is 5.75 Å². The Morgan fingerprint density at radius 3 is 2.62 bits per heavy atom. The van der Waals surface area contributed by atoms with Crippen LogP contribution in [0.1, 0.15) is 18.4 Å². The second kappa shape index (κ2) is 13.2. The summed E-state index contributed by atoms with van der Waals surface area (Å²) < 4.78 is 13.4. The van der Waals surface area contributed by atoms with E-state index in [1.165, 1.54) is 16.4 Å². The van der Waals surface area contributed by atoms with Crippen molar-refractivity contribution in [2.24, 2.45) is 0 Å². The van der Waals surface area contributed by atoms with Crippen molar-refractivity contribution in [1.82, 2.24) is 24.8 Å². The number of carbonyl (C=O) groups is 1. The molecule has 3 aliphatic heterocycles. The van der Waals surface area contributed by atoms with E-state index in [1.807, 2.05) is 6.07 Å². The molecule has 2 aromatic carbocycles. The number of nitriles is 1. The van der Waals surface area contributed by atoms with E-state index >= 15 is 0 Å². The molecule has 0 bridgehead atoms. The van der Waals surface area contributed by atoms with Crippen LogP contribution in [-0.2, 0) is 9.53 Å². The van der Waals surface area contributed by atoms with Crippen LogP contribution < -0.4 is 18.6 Å². The van der Waals surface area contributed by atoms with E-state index in [-0.39, 0.29) is 12.0 Å². The van der Waals surface area contributed by atoms with Gasteiger partial charge in [-0.2, -0.15) is 0 Å². The third kappa shape index (κ3) is 6.58. The normalized spacial score (nSPS) is 20.0. The number of hydrogen-bond acceptors (Lipinski definition) is 10. The first-order valence-corrected chi connectivity index (χ1v) is 16.1. The fourth-order valence-electron chi connectivity index (χ4n) is 5.51. The van der Waals surface area contributed by atoms with E-state index in [4.69, 9.17) is 14.5 Å². The van der Waals surface area contributed by atoms with Gasteiger partial charge in [-0.15, -0.1) is 0 Å². The Morgan fingerprint density at radius 2 is 1.90 bits per heavy atom. The summed E-state index contributed by atoms with van der Waals surface area (Å²) in [5.74, 6) is 0.669. The number of amides is 1. The number of ether oxygens (including phenoxy) is 2. The summed E-state index contributed by atoms with van der Waals surface area (Å²) in [5, 5.41) is 19.0. The molecule has 11 nitrogen and oxygen atoms in total. The van der Waals surface area contributed by atoms with Crippen molar-refractivity contribution in [1.29, 1.82) is 5.26 Å². The average molecular weight is 631 g/mol. The fourth-order valence-corrected chi connectivity index (χ4v) is 7.16. The van der Waals surface area contributed by atoms with Crippen molar-refractivity contribution in [3.8, 4) is 23.2 Å². The molecule has 12 heteroatoms. The fraction of sp³-hybridized carbons (Fsp3) is 0.433. The van der Waals surface area contributed by atoms with E-state index < -0.39 is 22.4 Å². The summed E-state index contributed by atoms with van der Waals surface area (Å²) in [6.07, 6.45) is 2.84. The van der Waals surface area contributed by atoms with Crippen LogP contribution in [-0.4, -0.2) is 123 Å². The molecule has 1 atom stereocenters. The molecule has 4 heterocycles. The van der Waals surface area contributed by atoms with Gasteiger partial charge in [0.05, 0.1) is 0 Å². The summed E-state index contributed by atoms with van der Waals surface area (Å²) in [4.78, 5) is 32.0. The molecule has 3 aromatic rings. The average Bonchev–Trinajstić information content (AvgIpc) is 3.01. The monoisotopic (exact) mass is 630 g/mol. The van der Waals surface area contributed by atoms with Gasteiger partial charge < -0.3 is 5.11 Å². The van der Waals surface area contributed by atoms with Gasteiger partial charge >= 0.3 is 236 Å². The molecule has 1 N–H and O–H groups in total. The van der Waals surface area contributed by atoms with Gasteiger partial charge in [0.25, 0.3) is 0 Å². The molecule has 3 saturated heterocycles. The number of piperazine rings is 1. The molecule has 42 heavy (non-hydrogen) atoms. The number of likely N-dealkylation sites (tertiary alicyclic amines) is 1. The summed E-state index contributed by atoms with van der Waals surface area (Å²) in [5.41, 5.74) is 2.34. The number of hydrogen-bond donors (Lipinski definition) is 1. The van der Waals surface area contributed by atoms with Gasteiger partial charge in [-0.05, 0) is 0 Å². The molecule has 0 saturated carbocycles. The van der Waals surface area contributed by atoms with Crippen molar-refractivity contribution >= 4 is 36.3 Å². The molecule has 0 unspecified atom stereocenters. The maximum atomic E-state index is 11.9. The van der Waals surface area contributed by atoms with Crippen molar-refractivity contribution in [3.05, 3.63) is 54.4 Å². The predicted octanol–water partition coefficient (Wildman–Crippen LogP) is -0.0518. The molecule has 0 spiro atoms. The molecule has 0 aliphatic carbocycles. The number of carbonyl (C=O) groups excluding carboxylic acids is 1. The molecule has 3 fully saturated rings. The molecule has 1 amide bonds. The number of aromatic nitrogens is 3. The summed E-state index contributed by atoms with van der Waals surface area (Å²) >= 11 is -0.433. The molecule has 217 valence electrons. The molecule has 6 rings (SSSR count). The summed E-state index contributed by atoms with van der Waals surface area (Å²) in [6, 6.07) is 16.9. The SMILES string of the molecule is N#Cc1cc(-c2ncnc([As]c3ccc(N4CCN(C5COC5)CC4)cc3)n2)ccc1O[C@@H]1CCCN(C(=O)CO)C1. The van der Waals surface area contributed by atoms with Crippen molar-refractivity contribution < 1.29 is 19.4 Å². The Hall–Kier alpha value is -3.55. The van der Waals surface area contributed by atoms with E-state index in [0.717, 1.165) is 56.8 Å². The van der Waals surface area contributed by atoms with Gasteiger partial charge in [-0.1, -0.05) is 0 Å². The van der Waals surface area contributed by atoms with E-state index in [9.17, 15) is 15.2 Å². The standard InChI is InChI=1S/C30H33AsN7O4/c32-15-22-14-21(3-8-27(22)42-26-2-1-9-38(16-26)28(40)17-39)29-33-20-34-30(35-29)31-23-4-6-24(7-5-23)36-10-12-37(13-11-36)25-18-41-19-25/h3-8,14,20,25-26,39H,1-2,9-13,16-19H2/t26-/m1/s1. The third-order valence-electron chi connectivity index (χ3n) is 7.97. The van der Waals surface area contributed by atoms with Crippen LogP contribution in [0.4, 0.5) is 5.69 Å². The second-order valence-corrected chi connectivity index (χ2v) is 13.0. The van der Waals surface area contributed by atoms with Crippen LogP contribution in [0.3, 0.4) is 0 Å². The topological polar surface area (TPSA) is 128 Å². The Labute approximate surface area is 251 Å². The number of aliphatic hydroxyl groups is 1. The Morgan fingerprint density at radius 1 is 1.10 bits per heavy atom. The van der Waals surface area contributed by atoms with Gasteiger partial charge in [0, 0.05) is 0 Å². The minimum absolute atomic E-state index is 0.238. The number of rotatable bonds is 8. The van der Waals surface area contributed by atoms with E-state index in [0.29, 0.717) is 41.8 Å². The number of nitrogens with zero attached hydrogens (tertiary/aromatic N) is 7. The van der Waals surface area contributed by atoms with Gasteiger partial charge in [0.15, 0.2) is 0 Å². The maximum absolute atomic E-state index is 11.9. The summed E-state index contributed by atoms with van der Waals surface area (Å²) in [6.45, 7) is 6.40. The molecule has 3 aliphatic rings. The van der Waals surface area contributed by atoms with Crippen LogP contribution >= 0.6 is 0 Å². The Balaban J connectivity index is 1.08. The van der Waals surface area contributed by atoms with E-state index in [2.05, 4.69) is 50.1 Å². The Bertz CT molecular complexity index is 1440. The van der Waals surface area contributed by atoms with Gasteiger partial charge in [0.1, 0.15) is 6.61 Å². The zero-order chi connectivity index (χ0) is 28.9. The first-order valence-electron chi connectivity index (χ1n) is 14.3. The first kappa shape index (κ1) is 28.6. The van der Waals surface area contributed by atoms with Crippen molar-refractivity contribution in [3.63, 3.8) is 0 Å². The first-order chi connectivity index (χ1) is 20.6. The van der Waals surface area contributed by atoms with Crippen LogP contribution in [0.15, 0.2) is 48.8 Å². The third-order valence-corrected chi connectivity index (χ3v) is 10.0. The van der Waals surface area contributed by atoms with Crippen molar-refractivity contribution in [2.45, 2.75) is 25.0 Å². The number of anilines is 1. The molecule has 1 aromatic heterocycles. The van der Waals surface area contributed by atoms with Crippen molar-refractivity contribution in [2.75, 3.05) is 64.0 Å². The van der Waals surface area contributed by atoms with Gasteiger partial charge in [0.2, 0.25) is 0 Å². The van der Waals surface area contributed by atoms with E-state index in [1.54, 1.807) is 17.0 Å². The molecular formula is C30H33AsN7O4. The molecule has 1 radical (unpaired) electrons. The quantitative estimate of drug-likeness (QED) is 0.339. The molecular weight excluding hydrogens is 597 g/mol. The number of piperidine rings is 1. The zero-order valence-electron chi connectivity index (χ0n) is 23.3. The second-order valence-electron chi connectivity index (χ2n) is 10.7. The Kier molecular flexibility index (Phi) is 8.96. The van der Waals surface area contributed by atoms with Crippen LogP contribution in [0.2, 0.25) is 0 Å².